The van der Waals surface area contributed by atoms with Gasteiger partial charge in [-0.25, -0.2) is 9.78 Å². The summed E-state index contributed by atoms with van der Waals surface area (Å²) < 4.78 is 5.38. The number of unbranched alkanes of at least 4 members (excludes halogenated alkanes) is 1. The average molecular weight is 347 g/mol. The van der Waals surface area contributed by atoms with E-state index in [9.17, 15) is 9.59 Å². The molecule has 3 amide bonds. The SMILES string of the molecule is CCCCNC(=O)NC(=O)COc1ccc(-c2nc(C)cs2)cc1. The van der Waals surface area contributed by atoms with Crippen LogP contribution >= 0.6 is 11.3 Å². The van der Waals surface area contributed by atoms with Crippen molar-refractivity contribution < 1.29 is 14.3 Å². The molecule has 2 aromatic rings. The first-order chi connectivity index (χ1) is 11.6. The molecule has 0 atom stereocenters. The van der Waals surface area contributed by atoms with Gasteiger partial charge < -0.3 is 10.1 Å². The summed E-state index contributed by atoms with van der Waals surface area (Å²) in [5, 5.41) is 7.78. The molecule has 128 valence electrons. The Morgan fingerprint density at radius 3 is 2.62 bits per heavy atom. The van der Waals surface area contributed by atoms with Crippen LogP contribution in [0.4, 0.5) is 4.79 Å². The number of ether oxygens (including phenoxy) is 1. The Balaban J connectivity index is 1.77. The highest BCUT2D eigenvalue weighted by Crippen LogP contribution is 2.25. The lowest BCUT2D eigenvalue weighted by atomic mass is 10.2. The van der Waals surface area contributed by atoms with Gasteiger partial charge in [-0.15, -0.1) is 11.3 Å². The van der Waals surface area contributed by atoms with Crippen molar-refractivity contribution in [3.05, 3.63) is 35.3 Å². The third-order valence-electron chi connectivity index (χ3n) is 3.16. The fourth-order valence-electron chi connectivity index (χ4n) is 1.91. The molecule has 2 rings (SSSR count). The van der Waals surface area contributed by atoms with Gasteiger partial charge in [-0.3, -0.25) is 10.1 Å². The second kappa shape index (κ2) is 9.02. The minimum absolute atomic E-state index is 0.211. The summed E-state index contributed by atoms with van der Waals surface area (Å²) >= 11 is 1.58. The van der Waals surface area contributed by atoms with Gasteiger partial charge >= 0.3 is 6.03 Å². The van der Waals surface area contributed by atoms with E-state index in [0.29, 0.717) is 12.3 Å². The second-order valence-corrected chi connectivity index (χ2v) is 6.12. The van der Waals surface area contributed by atoms with Crippen LogP contribution in [0.5, 0.6) is 5.75 Å². The lowest BCUT2D eigenvalue weighted by Crippen LogP contribution is -2.41. The fraction of sp³-hybridized carbons (Fsp3) is 0.353. The maximum absolute atomic E-state index is 11.6. The molecule has 1 aromatic carbocycles. The first-order valence-electron chi connectivity index (χ1n) is 7.81. The van der Waals surface area contributed by atoms with Crippen molar-refractivity contribution >= 4 is 23.3 Å². The van der Waals surface area contributed by atoms with Crippen LogP contribution in [-0.2, 0) is 4.79 Å². The Morgan fingerprint density at radius 1 is 1.25 bits per heavy atom. The third kappa shape index (κ3) is 5.66. The quantitative estimate of drug-likeness (QED) is 0.754. The number of benzene rings is 1. The van der Waals surface area contributed by atoms with Crippen molar-refractivity contribution in [3.8, 4) is 16.3 Å². The number of nitrogens with zero attached hydrogens (tertiary/aromatic N) is 1. The second-order valence-electron chi connectivity index (χ2n) is 5.26. The Morgan fingerprint density at radius 2 is 2.00 bits per heavy atom. The van der Waals surface area contributed by atoms with Crippen LogP contribution in [0.1, 0.15) is 25.5 Å². The van der Waals surface area contributed by atoms with Crippen molar-refractivity contribution in [2.45, 2.75) is 26.7 Å². The summed E-state index contributed by atoms with van der Waals surface area (Å²) in [6.07, 6.45) is 1.86. The van der Waals surface area contributed by atoms with Crippen molar-refractivity contribution in [2.75, 3.05) is 13.2 Å². The first kappa shape index (κ1) is 17.9. The van der Waals surface area contributed by atoms with E-state index < -0.39 is 11.9 Å². The lowest BCUT2D eigenvalue weighted by molar-refractivity contribution is -0.122. The summed E-state index contributed by atoms with van der Waals surface area (Å²) in [7, 11) is 0. The highest BCUT2D eigenvalue weighted by Gasteiger charge is 2.08. The zero-order valence-electron chi connectivity index (χ0n) is 13.8. The summed E-state index contributed by atoms with van der Waals surface area (Å²) in [5.41, 5.74) is 1.99. The van der Waals surface area contributed by atoms with Crippen molar-refractivity contribution in [1.29, 1.82) is 0 Å². The smallest absolute Gasteiger partial charge is 0.321 e. The molecule has 0 saturated carbocycles. The molecule has 1 heterocycles. The number of hydrogen-bond acceptors (Lipinski definition) is 5. The Hall–Kier alpha value is -2.41. The van der Waals surface area contributed by atoms with Gasteiger partial charge in [0, 0.05) is 23.2 Å². The number of amides is 3. The van der Waals surface area contributed by atoms with E-state index in [-0.39, 0.29) is 6.61 Å². The summed E-state index contributed by atoms with van der Waals surface area (Å²) in [6, 6.07) is 6.85. The minimum Gasteiger partial charge on any atom is -0.484 e. The van der Waals surface area contributed by atoms with Crippen molar-refractivity contribution in [1.82, 2.24) is 15.6 Å². The predicted octanol–water partition coefficient (Wildman–Crippen LogP) is 3.12. The van der Waals surface area contributed by atoms with Crippen LogP contribution < -0.4 is 15.4 Å². The first-order valence-corrected chi connectivity index (χ1v) is 8.69. The van der Waals surface area contributed by atoms with E-state index in [1.54, 1.807) is 23.5 Å². The van der Waals surface area contributed by atoms with Crippen LogP contribution in [-0.4, -0.2) is 30.1 Å². The van der Waals surface area contributed by atoms with Gasteiger partial charge in [0.05, 0.1) is 0 Å². The number of thiazole rings is 1. The molecule has 2 N–H and O–H groups in total. The molecule has 0 radical (unpaired) electrons. The van der Waals surface area contributed by atoms with Crippen LogP contribution in [0.25, 0.3) is 10.6 Å². The van der Waals surface area contributed by atoms with Crippen molar-refractivity contribution in [2.24, 2.45) is 0 Å². The van der Waals surface area contributed by atoms with Gasteiger partial charge in [-0.1, -0.05) is 13.3 Å². The van der Waals surface area contributed by atoms with Gasteiger partial charge in [0.25, 0.3) is 5.91 Å². The normalized spacial score (nSPS) is 10.2. The van der Waals surface area contributed by atoms with E-state index in [1.807, 2.05) is 31.4 Å². The summed E-state index contributed by atoms with van der Waals surface area (Å²) in [5.74, 6) is 0.0807. The molecule has 0 aliphatic rings. The molecule has 6 nitrogen and oxygen atoms in total. The topological polar surface area (TPSA) is 80.3 Å². The van der Waals surface area contributed by atoms with Gasteiger partial charge in [0.1, 0.15) is 10.8 Å². The van der Waals surface area contributed by atoms with Gasteiger partial charge in [0.15, 0.2) is 6.61 Å². The molecule has 0 fully saturated rings. The highest BCUT2D eigenvalue weighted by molar-refractivity contribution is 7.13. The number of aryl methyl sites for hydroxylation is 1. The summed E-state index contributed by atoms with van der Waals surface area (Å²) in [6.45, 7) is 4.32. The molecule has 0 bridgehead atoms. The Labute approximate surface area is 145 Å². The molecule has 1 aromatic heterocycles. The van der Waals surface area contributed by atoms with Crippen LogP contribution in [0, 0.1) is 6.92 Å². The maximum atomic E-state index is 11.6. The number of carbonyl (C=O) groups is 2. The van der Waals surface area contributed by atoms with E-state index >= 15 is 0 Å². The number of nitrogens with one attached hydrogen (secondary N) is 2. The zero-order valence-corrected chi connectivity index (χ0v) is 14.6. The van der Waals surface area contributed by atoms with E-state index in [1.165, 1.54) is 0 Å². The minimum atomic E-state index is -0.494. The van der Waals surface area contributed by atoms with E-state index in [0.717, 1.165) is 29.1 Å². The molecular formula is C17H21N3O3S. The van der Waals surface area contributed by atoms with Crippen LogP contribution in [0.15, 0.2) is 29.6 Å². The number of urea groups is 1. The third-order valence-corrected chi connectivity index (χ3v) is 4.17. The fourth-order valence-corrected chi connectivity index (χ4v) is 2.72. The van der Waals surface area contributed by atoms with E-state index in [4.69, 9.17) is 4.74 Å². The number of hydrogen-bond donors (Lipinski definition) is 2. The lowest BCUT2D eigenvalue weighted by Gasteiger charge is -2.08. The van der Waals surface area contributed by atoms with Crippen molar-refractivity contribution in [3.63, 3.8) is 0 Å². The number of carbonyl (C=O) groups excluding carboxylic acids is 2. The van der Waals surface area contributed by atoms with Crippen LogP contribution in [0.2, 0.25) is 0 Å². The molecular weight excluding hydrogens is 326 g/mol. The average Bonchev–Trinajstić information content (AvgIpc) is 3.00. The number of rotatable bonds is 7. The molecule has 0 unspecified atom stereocenters. The van der Waals surface area contributed by atoms with Gasteiger partial charge in [0.2, 0.25) is 0 Å². The van der Waals surface area contributed by atoms with Crippen LogP contribution in [0.3, 0.4) is 0 Å². The standard InChI is InChI=1S/C17H21N3O3S/c1-3-4-9-18-17(22)20-15(21)10-23-14-7-5-13(6-8-14)16-19-12(2)11-24-16/h5-8,11H,3-4,9-10H2,1-2H3,(H2,18,20,21,22). The van der Waals surface area contributed by atoms with Gasteiger partial charge in [-0.2, -0.15) is 0 Å². The van der Waals surface area contributed by atoms with E-state index in [2.05, 4.69) is 15.6 Å². The number of imide groups is 1. The monoisotopic (exact) mass is 347 g/mol. The van der Waals surface area contributed by atoms with Gasteiger partial charge in [-0.05, 0) is 37.6 Å². The molecule has 0 saturated heterocycles. The zero-order chi connectivity index (χ0) is 17.4. The Bertz CT molecular complexity index is 683. The molecule has 0 aliphatic carbocycles. The molecule has 7 heteroatoms. The predicted molar refractivity (Wildman–Crippen MR) is 94.2 cm³/mol. The molecule has 0 spiro atoms. The molecule has 0 aliphatic heterocycles. The Kier molecular flexibility index (Phi) is 6.74. The largest absolute Gasteiger partial charge is 0.484 e. The molecule has 24 heavy (non-hydrogen) atoms. The number of aromatic nitrogens is 1. The maximum Gasteiger partial charge on any atom is 0.321 e. The summed E-state index contributed by atoms with van der Waals surface area (Å²) in [4.78, 5) is 27.5. The highest BCUT2D eigenvalue weighted by atomic mass is 32.1.